The Kier molecular flexibility index (Phi) is 83.7. The molecule has 2 unspecified atom stereocenters. The van der Waals surface area contributed by atoms with Crippen molar-refractivity contribution in [3.05, 3.63) is 0 Å². The van der Waals surface area contributed by atoms with Crippen LogP contribution in [-0.2, 0) is 47.6 Å². The number of carbonyl (C=O) groups is 4. The molecule has 0 aromatic heterocycles. The predicted octanol–water partition coefficient (Wildman–Crippen LogP) is 25.2. The molecule has 0 rings (SSSR count). The molecule has 108 heavy (non-hydrogen) atoms. The number of nitrogens with one attached hydrogen (secondary N) is 1. The third-order valence-electron chi connectivity index (χ3n) is 22.1. The first-order valence-corrected chi connectivity index (χ1v) is 47.6. The smallest absolute Gasteiger partial charge is 0.310 e. The summed E-state index contributed by atoms with van der Waals surface area (Å²) in [6.07, 6.45) is 73.3. The lowest BCUT2D eigenvalue weighted by atomic mass is 10.0. The maximum absolute atomic E-state index is 13.0. The van der Waals surface area contributed by atoms with Gasteiger partial charge in [0.25, 0.3) is 0 Å². The minimum Gasteiger partial charge on any atom is -0.465 e. The number of unbranched alkanes of at least 4 members (excludes halogenated alkanes) is 46. The Labute approximate surface area is 671 Å². The van der Waals surface area contributed by atoms with E-state index in [0.717, 1.165) is 175 Å². The van der Waals surface area contributed by atoms with Crippen LogP contribution in [0.1, 0.15) is 447 Å². The van der Waals surface area contributed by atoms with E-state index >= 15 is 0 Å². The standard InChI is InChI=1S/C94H186N4O10/c1-10-15-20-25-38-51-66-89(67-52-39-26-21-16-11-2)107-91(99)70-55-42-36-45-58-74-97(75-60-49-64-83-105-93(101)87(6)85-103-81-62-47-29-24-19-14-5)78-73-95-72-57-44-34-32-30-31-33-35-48-63-82-104-86-88(7)94(102)106-84-65-50-61-77-98(80-79-96(8)9)76-59-46-37-43-56-71-92(100)108-90(68-53-40-27-22-17-12-3)69-54-41-28-23-18-13-4/h87-90,95H,10-86H2,1-9H3. The van der Waals surface area contributed by atoms with Gasteiger partial charge in [-0.2, -0.15) is 0 Å². The van der Waals surface area contributed by atoms with Crippen LogP contribution in [-0.4, -0.2) is 163 Å². The molecule has 0 amide bonds. The van der Waals surface area contributed by atoms with E-state index in [1.165, 1.54) is 276 Å². The van der Waals surface area contributed by atoms with E-state index in [2.05, 4.69) is 68.7 Å². The maximum Gasteiger partial charge on any atom is 0.310 e. The number of hydrogen-bond donors (Lipinski definition) is 1. The number of rotatable bonds is 90. The summed E-state index contributed by atoms with van der Waals surface area (Å²) < 4.78 is 35.4. The maximum atomic E-state index is 13.0. The van der Waals surface area contributed by atoms with E-state index < -0.39 is 0 Å². The second-order valence-electron chi connectivity index (χ2n) is 33.4. The Morgan fingerprint density at radius 2 is 0.546 bits per heavy atom. The molecular formula is C94H186N4O10. The van der Waals surface area contributed by atoms with Crippen LogP contribution in [0.5, 0.6) is 0 Å². The molecule has 0 aliphatic carbocycles. The van der Waals surface area contributed by atoms with Gasteiger partial charge in [0.05, 0.1) is 38.3 Å². The van der Waals surface area contributed by atoms with Crippen LogP contribution in [0, 0.1) is 11.8 Å². The molecular weight excluding hydrogens is 1350 g/mol. The zero-order valence-electron chi connectivity index (χ0n) is 73.7. The van der Waals surface area contributed by atoms with E-state index in [0.29, 0.717) is 45.9 Å². The molecule has 2 atom stereocenters. The molecule has 1 N–H and O–H groups in total. The number of likely N-dealkylation sites (N-methyl/N-ethyl adjacent to an activating group) is 1. The zero-order chi connectivity index (χ0) is 78.7. The average molecular weight is 1530 g/mol. The van der Waals surface area contributed by atoms with Gasteiger partial charge in [-0.05, 0) is 196 Å². The van der Waals surface area contributed by atoms with E-state index in [1.54, 1.807) is 0 Å². The molecule has 0 aliphatic heterocycles. The van der Waals surface area contributed by atoms with Crippen molar-refractivity contribution in [2.75, 3.05) is 113 Å². The van der Waals surface area contributed by atoms with Crippen molar-refractivity contribution < 1.29 is 47.6 Å². The lowest BCUT2D eigenvalue weighted by Crippen LogP contribution is -2.34. The summed E-state index contributed by atoms with van der Waals surface area (Å²) in [5.41, 5.74) is 0. The molecule has 0 heterocycles. The summed E-state index contributed by atoms with van der Waals surface area (Å²) >= 11 is 0. The van der Waals surface area contributed by atoms with Gasteiger partial charge in [-0.25, -0.2) is 0 Å². The van der Waals surface area contributed by atoms with Gasteiger partial charge in [-0.15, -0.1) is 0 Å². The Bertz CT molecular complexity index is 1830. The zero-order valence-corrected chi connectivity index (χ0v) is 73.7. The molecule has 0 fully saturated rings. The van der Waals surface area contributed by atoms with E-state index in [1.807, 2.05) is 13.8 Å². The van der Waals surface area contributed by atoms with Crippen LogP contribution in [0.25, 0.3) is 0 Å². The fraction of sp³-hybridized carbons (Fsp3) is 0.957. The molecule has 0 aromatic rings. The molecule has 0 bridgehead atoms. The topological polar surface area (TPSA) is 145 Å². The normalized spacial score (nSPS) is 12.4. The van der Waals surface area contributed by atoms with Crippen molar-refractivity contribution in [1.29, 1.82) is 0 Å². The quantitative estimate of drug-likeness (QED) is 0.0350. The second-order valence-corrected chi connectivity index (χ2v) is 33.4. The van der Waals surface area contributed by atoms with Crippen LogP contribution in [0.3, 0.4) is 0 Å². The van der Waals surface area contributed by atoms with Gasteiger partial charge in [0, 0.05) is 52.2 Å². The summed E-state index contributed by atoms with van der Waals surface area (Å²) in [4.78, 5) is 58.9. The van der Waals surface area contributed by atoms with E-state index in [-0.39, 0.29) is 47.9 Å². The van der Waals surface area contributed by atoms with E-state index in [9.17, 15) is 19.2 Å². The number of hydrogen-bond acceptors (Lipinski definition) is 14. The third-order valence-corrected chi connectivity index (χ3v) is 22.1. The van der Waals surface area contributed by atoms with Crippen LogP contribution in [0.15, 0.2) is 0 Å². The molecule has 0 saturated heterocycles. The molecule has 14 heteroatoms. The molecule has 0 spiro atoms. The first-order chi connectivity index (χ1) is 52.9. The van der Waals surface area contributed by atoms with Crippen molar-refractivity contribution >= 4 is 23.9 Å². The van der Waals surface area contributed by atoms with Gasteiger partial charge in [-0.1, -0.05) is 285 Å². The summed E-state index contributed by atoms with van der Waals surface area (Å²) in [7, 11) is 4.30. The van der Waals surface area contributed by atoms with Gasteiger partial charge in [0.1, 0.15) is 12.2 Å². The minimum absolute atomic E-state index is 0.0207. The second kappa shape index (κ2) is 85.5. The number of carbonyl (C=O) groups excluding carboxylic acids is 4. The van der Waals surface area contributed by atoms with Crippen LogP contribution in [0.4, 0.5) is 0 Å². The molecule has 0 aromatic carbocycles. The lowest BCUT2D eigenvalue weighted by molar-refractivity contribution is -0.151. The fourth-order valence-corrected chi connectivity index (χ4v) is 14.6. The van der Waals surface area contributed by atoms with Crippen molar-refractivity contribution in [3.63, 3.8) is 0 Å². The highest BCUT2D eigenvalue weighted by molar-refractivity contribution is 5.72. The van der Waals surface area contributed by atoms with Crippen molar-refractivity contribution in [2.45, 2.75) is 459 Å². The van der Waals surface area contributed by atoms with Crippen molar-refractivity contribution in [2.24, 2.45) is 11.8 Å². The number of ether oxygens (including phenoxy) is 6. The molecule has 0 radical (unpaired) electrons. The minimum atomic E-state index is -0.239. The molecule has 642 valence electrons. The fourth-order valence-electron chi connectivity index (χ4n) is 14.6. The average Bonchev–Trinajstić information content (AvgIpc) is 1.02. The third kappa shape index (κ3) is 77.6. The van der Waals surface area contributed by atoms with Gasteiger partial charge >= 0.3 is 23.9 Å². The van der Waals surface area contributed by atoms with E-state index in [4.69, 9.17) is 28.4 Å². The summed E-state index contributed by atoms with van der Waals surface area (Å²) in [5.74, 6) is -0.697. The predicted molar refractivity (Wildman–Crippen MR) is 461 cm³/mol. The monoisotopic (exact) mass is 1530 g/mol. The Hall–Kier alpha value is -2.36. The Morgan fingerprint density at radius 1 is 0.278 bits per heavy atom. The summed E-state index contributed by atoms with van der Waals surface area (Å²) in [6.45, 7) is 28.1. The van der Waals surface area contributed by atoms with Gasteiger partial charge in [0.15, 0.2) is 0 Å². The highest BCUT2D eigenvalue weighted by atomic mass is 16.6. The number of esters is 4. The van der Waals surface area contributed by atoms with Crippen molar-refractivity contribution in [1.82, 2.24) is 20.0 Å². The van der Waals surface area contributed by atoms with Gasteiger partial charge < -0.3 is 48.4 Å². The molecule has 14 nitrogen and oxygen atoms in total. The molecule has 0 saturated carbocycles. The number of nitrogens with zero attached hydrogens (tertiary/aromatic N) is 3. The highest BCUT2D eigenvalue weighted by Gasteiger charge is 2.19. The largest absolute Gasteiger partial charge is 0.465 e. The SMILES string of the molecule is CCCCCCCCOCC(C)C(=O)OCCCCCN(CCCCCCCC(=O)OC(CCCCCCCC)CCCCCCCC)CCNCCCCCCCCCCCCOCC(C)C(=O)OCCCCCN(CCCCCCCC(=O)OC(CCCCCCCC)CCCCCCCC)CCN(C)C. The summed E-state index contributed by atoms with van der Waals surface area (Å²) in [6, 6.07) is 0. The van der Waals surface area contributed by atoms with Gasteiger partial charge in [-0.3, -0.25) is 19.2 Å². The first kappa shape index (κ1) is 106. The van der Waals surface area contributed by atoms with Crippen LogP contribution < -0.4 is 5.32 Å². The Morgan fingerprint density at radius 3 is 0.880 bits per heavy atom. The summed E-state index contributed by atoms with van der Waals surface area (Å²) in [5, 5.41) is 3.77. The van der Waals surface area contributed by atoms with Crippen LogP contribution >= 0.6 is 0 Å². The Balaban J connectivity index is 4.47. The van der Waals surface area contributed by atoms with Crippen LogP contribution in [0.2, 0.25) is 0 Å². The highest BCUT2D eigenvalue weighted by Crippen LogP contribution is 2.22. The van der Waals surface area contributed by atoms with Gasteiger partial charge in [0.2, 0.25) is 0 Å². The molecule has 0 aliphatic rings. The first-order valence-electron chi connectivity index (χ1n) is 47.6. The lowest BCUT2D eigenvalue weighted by Gasteiger charge is -2.24. The van der Waals surface area contributed by atoms with Crippen molar-refractivity contribution in [3.8, 4) is 0 Å².